The highest BCUT2D eigenvalue weighted by atomic mass is 32.2. The molecule has 3 atom stereocenters. The van der Waals surface area contributed by atoms with E-state index in [1.165, 1.54) is 23.3 Å². The lowest BCUT2D eigenvalue weighted by Gasteiger charge is -2.24. The molecule has 1 rings (SSSR count). The maximum Gasteiger partial charge on any atom is 0.0448 e. The van der Waals surface area contributed by atoms with Crippen molar-refractivity contribution in [2.24, 2.45) is 11.7 Å². The first-order chi connectivity index (χ1) is 8.06. The fraction of sp³-hybridized carbons (Fsp3) is 0.600. The summed E-state index contributed by atoms with van der Waals surface area (Å²) in [6.45, 7) is 8.85. The molecule has 1 aromatic carbocycles. The van der Waals surface area contributed by atoms with Crippen molar-refractivity contribution in [3.63, 3.8) is 0 Å². The van der Waals surface area contributed by atoms with Gasteiger partial charge in [0.15, 0.2) is 0 Å². The molecular weight excluding hydrogens is 226 g/mol. The van der Waals surface area contributed by atoms with Crippen molar-refractivity contribution < 1.29 is 0 Å². The summed E-state index contributed by atoms with van der Waals surface area (Å²) in [5.41, 5.74) is 8.90. The van der Waals surface area contributed by atoms with Crippen LogP contribution in [0.5, 0.6) is 0 Å². The van der Waals surface area contributed by atoms with E-state index in [-0.39, 0.29) is 6.04 Å². The summed E-state index contributed by atoms with van der Waals surface area (Å²) in [4.78, 5) is 0. The molecule has 0 amide bonds. The molecule has 0 saturated carbocycles. The molecule has 2 heteroatoms. The Morgan fingerprint density at radius 2 is 1.88 bits per heavy atom. The molecule has 1 aromatic rings. The van der Waals surface area contributed by atoms with Crippen LogP contribution in [0.2, 0.25) is 0 Å². The van der Waals surface area contributed by atoms with E-state index < -0.39 is 0 Å². The third-order valence-electron chi connectivity index (χ3n) is 3.23. The maximum atomic E-state index is 6.14. The fourth-order valence-electron chi connectivity index (χ4n) is 1.82. The molecule has 0 aromatic heterocycles. The average molecular weight is 251 g/mol. The highest BCUT2D eigenvalue weighted by Crippen LogP contribution is 2.34. The normalized spacial score (nSPS) is 16.5. The zero-order valence-electron chi connectivity index (χ0n) is 11.4. The molecular formula is C15H25NS. The van der Waals surface area contributed by atoms with E-state index in [2.05, 4.69) is 52.0 Å². The molecule has 0 aliphatic carbocycles. The van der Waals surface area contributed by atoms with Crippen molar-refractivity contribution in [2.75, 3.05) is 5.75 Å². The zero-order valence-corrected chi connectivity index (χ0v) is 12.3. The van der Waals surface area contributed by atoms with Crippen LogP contribution in [0.4, 0.5) is 0 Å². The maximum absolute atomic E-state index is 6.14. The lowest BCUT2D eigenvalue weighted by molar-refractivity contribution is 0.631. The molecule has 0 heterocycles. The van der Waals surface area contributed by atoms with Gasteiger partial charge in [0.05, 0.1) is 0 Å². The van der Waals surface area contributed by atoms with Crippen LogP contribution < -0.4 is 5.73 Å². The first-order valence-corrected chi connectivity index (χ1v) is 7.53. The lowest BCUT2D eigenvalue weighted by Crippen LogP contribution is -2.24. The first-order valence-electron chi connectivity index (χ1n) is 6.49. The van der Waals surface area contributed by atoms with Crippen LogP contribution in [0.15, 0.2) is 24.3 Å². The Morgan fingerprint density at radius 3 is 2.41 bits per heavy atom. The average Bonchev–Trinajstić information content (AvgIpc) is 2.30. The van der Waals surface area contributed by atoms with Crippen molar-refractivity contribution >= 4 is 11.8 Å². The topological polar surface area (TPSA) is 26.0 Å². The Kier molecular flexibility index (Phi) is 6.07. The van der Waals surface area contributed by atoms with Crippen molar-refractivity contribution in [3.8, 4) is 0 Å². The summed E-state index contributed by atoms with van der Waals surface area (Å²) in [7, 11) is 0. The molecule has 17 heavy (non-hydrogen) atoms. The summed E-state index contributed by atoms with van der Waals surface area (Å²) >= 11 is 2.00. The summed E-state index contributed by atoms with van der Waals surface area (Å²) in [5.74, 6) is 1.96. The van der Waals surface area contributed by atoms with E-state index in [1.807, 2.05) is 11.8 Å². The van der Waals surface area contributed by atoms with Crippen LogP contribution in [0.3, 0.4) is 0 Å². The Morgan fingerprint density at radius 1 is 1.24 bits per heavy atom. The van der Waals surface area contributed by atoms with Gasteiger partial charge in [-0.05, 0) is 36.6 Å². The summed E-state index contributed by atoms with van der Waals surface area (Å²) in [6, 6.07) is 8.80. The molecule has 0 radical (unpaired) electrons. The van der Waals surface area contributed by atoms with E-state index in [0.717, 1.165) is 5.92 Å². The smallest absolute Gasteiger partial charge is 0.0448 e. The van der Waals surface area contributed by atoms with E-state index >= 15 is 0 Å². The van der Waals surface area contributed by atoms with E-state index in [0.29, 0.717) is 5.25 Å². The monoisotopic (exact) mass is 251 g/mol. The molecule has 0 fully saturated rings. The Balaban J connectivity index is 2.76. The zero-order chi connectivity index (χ0) is 12.8. The number of aryl methyl sites for hydroxylation is 1. The van der Waals surface area contributed by atoms with Crippen LogP contribution in [-0.4, -0.2) is 11.8 Å². The second kappa shape index (κ2) is 7.07. The molecule has 1 nitrogen and oxygen atoms in total. The van der Waals surface area contributed by atoms with Gasteiger partial charge in [-0.2, -0.15) is 11.8 Å². The number of thioether (sulfide) groups is 1. The molecule has 3 unspecified atom stereocenters. The van der Waals surface area contributed by atoms with Gasteiger partial charge in [-0.3, -0.25) is 0 Å². The third-order valence-corrected chi connectivity index (χ3v) is 5.03. The molecule has 96 valence electrons. The summed E-state index contributed by atoms with van der Waals surface area (Å²) in [6.07, 6.45) is 1.24. The fourth-order valence-corrected chi connectivity index (χ4v) is 3.34. The van der Waals surface area contributed by atoms with Crippen molar-refractivity contribution in [2.45, 2.75) is 45.4 Å². The second-order valence-corrected chi connectivity index (χ2v) is 6.16. The second-order valence-electron chi connectivity index (χ2n) is 4.98. The number of hydrogen-bond acceptors (Lipinski definition) is 2. The van der Waals surface area contributed by atoms with Crippen LogP contribution in [0.25, 0.3) is 0 Å². The molecule has 0 saturated heterocycles. The number of hydrogen-bond donors (Lipinski definition) is 1. The van der Waals surface area contributed by atoms with Crippen molar-refractivity contribution in [1.82, 2.24) is 0 Å². The lowest BCUT2D eigenvalue weighted by atomic mass is 10.0. The van der Waals surface area contributed by atoms with Gasteiger partial charge in [0.1, 0.15) is 0 Å². The Bertz CT molecular complexity index is 335. The van der Waals surface area contributed by atoms with E-state index in [9.17, 15) is 0 Å². The number of rotatable bonds is 6. The molecule has 0 aliphatic rings. The standard InChI is InChI=1S/C15H25NS/c1-5-11(2)10-17-15(13(4)16)14-9-7-6-8-12(14)3/h6-9,11,13,15H,5,10,16H2,1-4H3. The Hall–Kier alpha value is -0.470. The molecule has 0 aliphatic heterocycles. The van der Waals surface area contributed by atoms with Crippen LogP contribution in [0.1, 0.15) is 43.6 Å². The number of nitrogens with two attached hydrogens (primary N) is 1. The SMILES string of the molecule is CCC(C)CSC(c1ccccc1C)C(C)N. The minimum absolute atomic E-state index is 0.199. The number of benzene rings is 1. The highest BCUT2D eigenvalue weighted by molar-refractivity contribution is 7.99. The minimum Gasteiger partial charge on any atom is -0.327 e. The van der Waals surface area contributed by atoms with Gasteiger partial charge in [-0.1, -0.05) is 44.5 Å². The predicted molar refractivity (Wildman–Crippen MR) is 79.5 cm³/mol. The van der Waals surface area contributed by atoms with Gasteiger partial charge in [-0.25, -0.2) is 0 Å². The molecule has 2 N–H and O–H groups in total. The van der Waals surface area contributed by atoms with Crippen LogP contribution >= 0.6 is 11.8 Å². The van der Waals surface area contributed by atoms with E-state index in [1.54, 1.807) is 0 Å². The largest absolute Gasteiger partial charge is 0.327 e. The van der Waals surface area contributed by atoms with Gasteiger partial charge in [-0.15, -0.1) is 0 Å². The molecule has 0 spiro atoms. The molecule has 0 bridgehead atoms. The highest BCUT2D eigenvalue weighted by Gasteiger charge is 2.19. The quantitative estimate of drug-likeness (QED) is 0.821. The van der Waals surface area contributed by atoms with Gasteiger partial charge in [0.25, 0.3) is 0 Å². The van der Waals surface area contributed by atoms with E-state index in [4.69, 9.17) is 5.73 Å². The third kappa shape index (κ3) is 4.36. The van der Waals surface area contributed by atoms with Gasteiger partial charge in [0, 0.05) is 11.3 Å². The Labute approximate surface area is 110 Å². The minimum atomic E-state index is 0.199. The van der Waals surface area contributed by atoms with Gasteiger partial charge >= 0.3 is 0 Å². The summed E-state index contributed by atoms with van der Waals surface area (Å²) < 4.78 is 0. The predicted octanol–water partition coefficient (Wildman–Crippen LogP) is 4.16. The first kappa shape index (κ1) is 14.6. The van der Waals surface area contributed by atoms with Crippen LogP contribution in [0, 0.1) is 12.8 Å². The van der Waals surface area contributed by atoms with Crippen molar-refractivity contribution in [1.29, 1.82) is 0 Å². The van der Waals surface area contributed by atoms with Gasteiger partial charge < -0.3 is 5.73 Å². The van der Waals surface area contributed by atoms with Gasteiger partial charge in [0.2, 0.25) is 0 Å². The van der Waals surface area contributed by atoms with Crippen molar-refractivity contribution in [3.05, 3.63) is 35.4 Å². The summed E-state index contributed by atoms with van der Waals surface area (Å²) in [5, 5.41) is 0.421. The van der Waals surface area contributed by atoms with Crippen LogP contribution in [-0.2, 0) is 0 Å².